The highest BCUT2D eigenvalue weighted by Crippen LogP contribution is 2.29. The average Bonchev–Trinajstić information content (AvgIpc) is 2.58. The number of likely N-dealkylation sites (tertiary alicyclic amines) is 1. The molecule has 132 valence electrons. The van der Waals surface area contributed by atoms with Crippen LogP contribution in [-0.2, 0) is 16.1 Å². The number of carbonyl (C=O) groups excluding carboxylic acids is 2. The van der Waals surface area contributed by atoms with Crippen molar-refractivity contribution < 1.29 is 14.3 Å². The molecule has 2 rings (SSSR count). The molecule has 0 spiro atoms. The maximum atomic E-state index is 12.5. The van der Waals surface area contributed by atoms with Crippen LogP contribution in [0.3, 0.4) is 0 Å². The number of nitrogens with one attached hydrogen (secondary N) is 1. The van der Waals surface area contributed by atoms with Gasteiger partial charge < -0.3 is 10.1 Å². The predicted octanol–water partition coefficient (Wildman–Crippen LogP) is 2.74. The first-order valence-corrected chi connectivity index (χ1v) is 8.80. The molecule has 1 atom stereocenters. The van der Waals surface area contributed by atoms with Gasteiger partial charge in [0.25, 0.3) is 0 Å². The molecule has 1 heterocycles. The largest absolute Gasteiger partial charge is 0.462 e. The first-order valence-electron chi connectivity index (χ1n) is 8.80. The Morgan fingerprint density at radius 1 is 1.21 bits per heavy atom. The lowest BCUT2D eigenvalue weighted by Crippen LogP contribution is -2.58. The number of nitrogens with zero attached hydrogens (tertiary/aromatic N) is 1. The lowest BCUT2D eigenvalue weighted by atomic mass is 9.87. The van der Waals surface area contributed by atoms with Gasteiger partial charge in [-0.2, -0.15) is 0 Å². The molecule has 1 fully saturated rings. The number of amides is 1. The maximum absolute atomic E-state index is 12.5. The smallest absolute Gasteiger partial charge is 0.338 e. The monoisotopic (exact) mass is 332 g/mol. The summed E-state index contributed by atoms with van der Waals surface area (Å²) in [5, 5.41) is 2.97. The van der Waals surface area contributed by atoms with Gasteiger partial charge in [-0.05, 0) is 64.3 Å². The van der Waals surface area contributed by atoms with Crippen LogP contribution in [-0.4, -0.2) is 42.0 Å². The molecule has 1 amide bonds. The summed E-state index contributed by atoms with van der Waals surface area (Å²) in [6.45, 7) is 8.41. The molecule has 1 N–H and O–H groups in total. The van der Waals surface area contributed by atoms with E-state index in [1.807, 2.05) is 26.0 Å². The van der Waals surface area contributed by atoms with Crippen molar-refractivity contribution >= 4 is 11.9 Å². The van der Waals surface area contributed by atoms with E-state index in [0.29, 0.717) is 25.3 Å². The topological polar surface area (TPSA) is 58.6 Å². The molecule has 0 aliphatic carbocycles. The number of ether oxygens (including phenoxy) is 1. The van der Waals surface area contributed by atoms with E-state index in [1.165, 1.54) is 0 Å². The molecule has 1 saturated heterocycles. The van der Waals surface area contributed by atoms with Gasteiger partial charge in [0.2, 0.25) is 5.91 Å². The Morgan fingerprint density at radius 2 is 1.92 bits per heavy atom. The van der Waals surface area contributed by atoms with E-state index in [4.69, 9.17) is 4.74 Å². The Hall–Kier alpha value is -1.88. The van der Waals surface area contributed by atoms with Gasteiger partial charge in [0.05, 0.1) is 17.7 Å². The fourth-order valence-corrected chi connectivity index (χ4v) is 3.22. The van der Waals surface area contributed by atoms with Crippen molar-refractivity contribution in [3.8, 4) is 0 Å². The molecular formula is C19H28N2O3. The zero-order chi connectivity index (χ0) is 17.6. The lowest BCUT2D eigenvalue weighted by Gasteiger charge is -2.43. The van der Waals surface area contributed by atoms with Crippen molar-refractivity contribution in [2.45, 2.75) is 52.1 Å². The van der Waals surface area contributed by atoms with E-state index in [0.717, 1.165) is 31.4 Å². The van der Waals surface area contributed by atoms with E-state index in [-0.39, 0.29) is 11.9 Å². The number of carbonyl (C=O) groups is 2. The van der Waals surface area contributed by atoms with E-state index in [1.54, 1.807) is 19.1 Å². The molecule has 1 aliphatic heterocycles. The van der Waals surface area contributed by atoms with Gasteiger partial charge >= 0.3 is 5.97 Å². The van der Waals surface area contributed by atoms with Crippen molar-refractivity contribution in [1.82, 2.24) is 10.2 Å². The second-order valence-electron chi connectivity index (χ2n) is 6.43. The van der Waals surface area contributed by atoms with Gasteiger partial charge in [-0.15, -0.1) is 0 Å². The second kappa shape index (κ2) is 8.29. The highest BCUT2D eigenvalue weighted by atomic mass is 16.5. The van der Waals surface area contributed by atoms with Crippen LogP contribution < -0.4 is 5.32 Å². The van der Waals surface area contributed by atoms with Crippen LogP contribution >= 0.6 is 0 Å². The van der Waals surface area contributed by atoms with E-state index < -0.39 is 5.54 Å². The van der Waals surface area contributed by atoms with Crippen molar-refractivity contribution in [1.29, 1.82) is 0 Å². The Morgan fingerprint density at radius 3 is 2.54 bits per heavy atom. The Balaban J connectivity index is 2.10. The van der Waals surface area contributed by atoms with Crippen molar-refractivity contribution in [3.05, 3.63) is 35.4 Å². The summed E-state index contributed by atoms with van der Waals surface area (Å²) >= 11 is 0. The third-order valence-corrected chi connectivity index (χ3v) is 4.70. The molecule has 1 unspecified atom stereocenters. The highest BCUT2D eigenvalue weighted by Gasteiger charge is 2.40. The van der Waals surface area contributed by atoms with Gasteiger partial charge in [0.1, 0.15) is 0 Å². The molecule has 5 nitrogen and oxygen atoms in total. The van der Waals surface area contributed by atoms with Crippen LogP contribution in [0.15, 0.2) is 24.3 Å². The number of rotatable bonds is 6. The normalized spacial score (nSPS) is 21.3. The average molecular weight is 332 g/mol. The molecule has 0 aromatic heterocycles. The summed E-state index contributed by atoms with van der Waals surface area (Å²) in [5.74, 6) is -0.193. The SMILES string of the molecule is CCNC(=O)C1(C)CCCCN1Cc1ccc(C(=O)OCC)cc1. The van der Waals surface area contributed by atoms with E-state index in [9.17, 15) is 9.59 Å². The van der Waals surface area contributed by atoms with Crippen LogP contribution in [0.1, 0.15) is 56.0 Å². The lowest BCUT2D eigenvalue weighted by molar-refractivity contribution is -0.135. The van der Waals surface area contributed by atoms with Crippen molar-refractivity contribution in [2.75, 3.05) is 19.7 Å². The molecule has 1 aromatic rings. The second-order valence-corrected chi connectivity index (χ2v) is 6.43. The van der Waals surface area contributed by atoms with Gasteiger partial charge in [-0.1, -0.05) is 12.1 Å². The number of piperidine rings is 1. The van der Waals surface area contributed by atoms with Crippen molar-refractivity contribution in [3.63, 3.8) is 0 Å². The van der Waals surface area contributed by atoms with Crippen LogP contribution in [0.5, 0.6) is 0 Å². The van der Waals surface area contributed by atoms with Gasteiger partial charge in [0, 0.05) is 13.1 Å². The summed E-state index contributed by atoms with van der Waals surface area (Å²) in [6.07, 6.45) is 3.06. The third kappa shape index (κ3) is 4.15. The molecular weight excluding hydrogens is 304 g/mol. The van der Waals surface area contributed by atoms with Crippen LogP contribution in [0, 0.1) is 0 Å². The fraction of sp³-hybridized carbons (Fsp3) is 0.579. The highest BCUT2D eigenvalue weighted by molar-refractivity contribution is 5.89. The summed E-state index contributed by atoms with van der Waals surface area (Å²) in [6, 6.07) is 7.47. The Labute approximate surface area is 144 Å². The fourth-order valence-electron chi connectivity index (χ4n) is 3.22. The van der Waals surface area contributed by atoms with Crippen molar-refractivity contribution in [2.24, 2.45) is 0 Å². The summed E-state index contributed by atoms with van der Waals surface area (Å²) < 4.78 is 5.01. The van der Waals surface area contributed by atoms with E-state index >= 15 is 0 Å². The number of benzene rings is 1. The summed E-state index contributed by atoms with van der Waals surface area (Å²) in [7, 11) is 0. The first-order chi connectivity index (χ1) is 11.5. The Bertz CT molecular complexity index is 570. The minimum atomic E-state index is -0.464. The minimum absolute atomic E-state index is 0.104. The molecule has 5 heteroatoms. The molecule has 0 saturated carbocycles. The molecule has 24 heavy (non-hydrogen) atoms. The quantitative estimate of drug-likeness (QED) is 0.814. The summed E-state index contributed by atoms with van der Waals surface area (Å²) in [4.78, 5) is 26.5. The van der Waals surface area contributed by atoms with Gasteiger partial charge in [0.15, 0.2) is 0 Å². The van der Waals surface area contributed by atoms with E-state index in [2.05, 4.69) is 10.2 Å². The van der Waals surface area contributed by atoms with Crippen LogP contribution in [0.2, 0.25) is 0 Å². The zero-order valence-corrected chi connectivity index (χ0v) is 14.9. The first kappa shape index (κ1) is 18.5. The van der Waals surface area contributed by atoms with Gasteiger partial charge in [-0.25, -0.2) is 4.79 Å². The van der Waals surface area contributed by atoms with Crippen LogP contribution in [0.4, 0.5) is 0 Å². The number of hydrogen-bond donors (Lipinski definition) is 1. The minimum Gasteiger partial charge on any atom is -0.462 e. The molecule has 1 aromatic carbocycles. The molecule has 0 bridgehead atoms. The number of esters is 1. The number of likely N-dealkylation sites (N-methyl/N-ethyl adjacent to an activating group) is 1. The third-order valence-electron chi connectivity index (χ3n) is 4.70. The molecule has 1 aliphatic rings. The molecule has 0 radical (unpaired) electrons. The maximum Gasteiger partial charge on any atom is 0.338 e. The predicted molar refractivity (Wildman–Crippen MR) is 93.7 cm³/mol. The zero-order valence-electron chi connectivity index (χ0n) is 14.9. The Kier molecular flexibility index (Phi) is 6.37. The van der Waals surface area contributed by atoms with Gasteiger partial charge in [-0.3, -0.25) is 9.69 Å². The number of hydrogen-bond acceptors (Lipinski definition) is 4. The standard InChI is InChI=1S/C19H28N2O3/c1-4-20-18(23)19(3)12-6-7-13-21(19)14-15-8-10-16(11-9-15)17(22)24-5-2/h8-11H,4-7,12-14H2,1-3H3,(H,20,23). The summed E-state index contributed by atoms with van der Waals surface area (Å²) in [5.41, 5.74) is 1.19. The van der Waals surface area contributed by atoms with Crippen LogP contribution in [0.25, 0.3) is 0 Å².